The number of pyridine rings is 1. The first-order chi connectivity index (χ1) is 14.2. The predicted octanol–water partition coefficient (Wildman–Crippen LogP) is 3.26. The molecule has 7 nitrogen and oxygen atoms in total. The van der Waals surface area contributed by atoms with Crippen LogP contribution in [0.2, 0.25) is 0 Å². The number of carbonyl (C=O) groups is 2. The van der Waals surface area contributed by atoms with Crippen LogP contribution in [-0.4, -0.2) is 23.4 Å². The molecule has 3 aromatic rings. The number of carbonyl (C=O) groups excluding carboxylic acids is 2. The van der Waals surface area contributed by atoms with Gasteiger partial charge in [-0.05, 0) is 49.1 Å². The van der Waals surface area contributed by atoms with Gasteiger partial charge in [-0.15, -0.1) is 11.3 Å². The Morgan fingerprint density at radius 3 is 2.76 bits per heavy atom. The second kappa shape index (κ2) is 8.74. The number of aryl methyl sites for hydroxylation is 2. The van der Waals surface area contributed by atoms with Crippen molar-refractivity contribution in [1.29, 1.82) is 0 Å². The third-order valence-electron chi connectivity index (χ3n) is 4.32. The zero-order valence-electron chi connectivity index (χ0n) is 15.5. The zero-order valence-corrected chi connectivity index (χ0v) is 16.3. The average Bonchev–Trinajstić information content (AvgIpc) is 3.34. The van der Waals surface area contributed by atoms with Gasteiger partial charge in [-0.1, -0.05) is 12.1 Å². The summed E-state index contributed by atoms with van der Waals surface area (Å²) in [6.07, 6.45) is 4.82. The summed E-state index contributed by atoms with van der Waals surface area (Å²) in [5, 5.41) is 0. The lowest BCUT2D eigenvalue weighted by atomic mass is 10.2. The van der Waals surface area contributed by atoms with Crippen molar-refractivity contribution in [3.8, 4) is 17.4 Å². The highest BCUT2D eigenvalue weighted by Gasteiger charge is 2.18. The molecule has 148 valence electrons. The SMILES string of the molecule is O=C(COc1cccc(Oc2ccccn2)c1)NNC(=O)c1cc2c(s1)CCC2. The molecule has 8 heteroatoms. The molecule has 0 unspecified atom stereocenters. The minimum absolute atomic E-state index is 0.242. The molecule has 0 aliphatic heterocycles. The van der Waals surface area contributed by atoms with Crippen LogP contribution >= 0.6 is 11.3 Å². The molecule has 0 saturated heterocycles. The van der Waals surface area contributed by atoms with Gasteiger partial charge < -0.3 is 9.47 Å². The zero-order chi connectivity index (χ0) is 20.1. The van der Waals surface area contributed by atoms with E-state index < -0.39 is 5.91 Å². The van der Waals surface area contributed by atoms with E-state index in [0.29, 0.717) is 22.3 Å². The Hall–Kier alpha value is -3.39. The van der Waals surface area contributed by atoms with Crippen molar-refractivity contribution in [2.45, 2.75) is 19.3 Å². The highest BCUT2D eigenvalue weighted by Crippen LogP contribution is 2.30. The molecule has 0 bridgehead atoms. The van der Waals surface area contributed by atoms with E-state index in [1.54, 1.807) is 42.6 Å². The van der Waals surface area contributed by atoms with Gasteiger partial charge in [0.2, 0.25) is 5.88 Å². The van der Waals surface area contributed by atoms with Crippen molar-refractivity contribution in [2.75, 3.05) is 6.61 Å². The van der Waals surface area contributed by atoms with E-state index in [-0.39, 0.29) is 12.5 Å². The van der Waals surface area contributed by atoms with E-state index in [4.69, 9.17) is 9.47 Å². The monoisotopic (exact) mass is 409 g/mol. The van der Waals surface area contributed by atoms with Crippen molar-refractivity contribution in [3.05, 3.63) is 70.0 Å². The van der Waals surface area contributed by atoms with Gasteiger partial charge in [-0.25, -0.2) is 4.98 Å². The number of amides is 2. The van der Waals surface area contributed by atoms with Crippen molar-refractivity contribution < 1.29 is 19.1 Å². The molecule has 2 amide bonds. The van der Waals surface area contributed by atoms with E-state index in [2.05, 4.69) is 15.8 Å². The Balaban J connectivity index is 1.25. The fraction of sp³-hybridized carbons (Fsp3) is 0.190. The lowest BCUT2D eigenvalue weighted by Gasteiger charge is -2.09. The van der Waals surface area contributed by atoms with Gasteiger partial charge in [-0.3, -0.25) is 20.4 Å². The van der Waals surface area contributed by atoms with Gasteiger partial charge in [-0.2, -0.15) is 0 Å². The van der Waals surface area contributed by atoms with Gasteiger partial charge in [0, 0.05) is 23.2 Å². The van der Waals surface area contributed by atoms with Gasteiger partial charge in [0.15, 0.2) is 6.61 Å². The Labute approximate surface area is 171 Å². The molecular formula is C21H19N3O4S. The minimum Gasteiger partial charge on any atom is -0.484 e. The summed E-state index contributed by atoms with van der Waals surface area (Å²) in [5.74, 6) is 0.696. The number of thiophene rings is 1. The largest absolute Gasteiger partial charge is 0.484 e. The second-order valence-electron chi connectivity index (χ2n) is 6.45. The lowest BCUT2D eigenvalue weighted by Crippen LogP contribution is -2.43. The first kappa shape index (κ1) is 18.9. The van der Waals surface area contributed by atoms with E-state index >= 15 is 0 Å². The standard InChI is InChI=1S/C21H19N3O4S/c25-19(23-24-21(26)18-11-14-5-3-8-17(14)29-18)13-27-15-6-4-7-16(12-15)28-20-9-1-2-10-22-20/h1-2,4,6-7,9-12H,3,5,8,13H2,(H,23,25)(H,24,26). The van der Waals surface area contributed by atoms with Crippen molar-refractivity contribution in [2.24, 2.45) is 0 Å². The maximum atomic E-state index is 12.2. The summed E-state index contributed by atoms with van der Waals surface area (Å²) >= 11 is 1.48. The van der Waals surface area contributed by atoms with Crippen LogP contribution in [0, 0.1) is 0 Å². The van der Waals surface area contributed by atoms with Crippen LogP contribution in [0.3, 0.4) is 0 Å². The van der Waals surface area contributed by atoms with Crippen LogP contribution in [0.25, 0.3) is 0 Å². The molecule has 1 aliphatic rings. The molecule has 2 N–H and O–H groups in total. The third-order valence-corrected chi connectivity index (χ3v) is 5.56. The Bertz CT molecular complexity index is 998. The number of hydrogen-bond acceptors (Lipinski definition) is 6. The maximum Gasteiger partial charge on any atom is 0.279 e. The first-order valence-corrected chi connectivity index (χ1v) is 10.0. The molecule has 0 atom stereocenters. The summed E-state index contributed by atoms with van der Waals surface area (Å²) in [7, 11) is 0. The van der Waals surface area contributed by atoms with E-state index in [0.717, 1.165) is 19.3 Å². The summed E-state index contributed by atoms with van der Waals surface area (Å²) in [4.78, 5) is 30.1. The molecule has 29 heavy (non-hydrogen) atoms. The van der Waals surface area contributed by atoms with Crippen molar-refractivity contribution >= 4 is 23.2 Å². The molecule has 0 spiro atoms. The van der Waals surface area contributed by atoms with Crippen molar-refractivity contribution in [1.82, 2.24) is 15.8 Å². The summed E-state index contributed by atoms with van der Waals surface area (Å²) in [6.45, 7) is -0.242. The van der Waals surface area contributed by atoms with Gasteiger partial charge in [0.25, 0.3) is 11.8 Å². The van der Waals surface area contributed by atoms with Crippen LogP contribution in [0.1, 0.15) is 26.5 Å². The molecule has 0 saturated carbocycles. The van der Waals surface area contributed by atoms with E-state index in [1.165, 1.54) is 21.8 Å². The summed E-state index contributed by atoms with van der Waals surface area (Å²) in [6, 6.07) is 14.2. The smallest absolute Gasteiger partial charge is 0.279 e. The van der Waals surface area contributed by atoms with Crippen LogP contribution in [0.15, 0.2) is 54.7 Å². The van der Waals surface area contributed by atoms with E-state index in [1.807, 2.05) is 12.1 Å². The molecule has 4 rings (SSSR count). The fourth-order valence-corrected chi connectivity index (χ4v) is 4.12. The van der Waals surface area contributed by atoms with Gasteiger partial charge in [0.1, 0.15) is 11.5 Å². The highest BCUT2D eigenvalue weighted by atomic mass is 32.1. The Kier molecular flexibility index (Phi) is 5.71. The lowest BCUT2D eigenvalue weighted by molar-refractivity contribution is -0.123. The first-order valence-electron chi connectivity index (χ1n) is 9.20. The normalized spacial score (nSPS) is 12.1. The average molecular weight is 409 g/mol. The third kappa shape index (κ3) is 4.91. The summed E-state index contributed by atoms with van der Waals surface area (Å²) in [5.41, 5.74) is 6.04. The summed E-state index contributed by atoms with van der Waals surface area (Å²) < 4.78 is 11.1. The molecule has 2 aromatic heterocycles. The number of ether oxygens (including phenoxy) is 2. The number of benzene rings is 1. The number of hydrogen-bond donors (Lipinski definition) is 2. The molecule has 1 aromatic carbocycles. The number of fused-ring (bicyclic) bond motifs is 1. The molecule has 1 aliphatic carbocycles. The second-order valence-corrected chi connectivity index (χ2v) is 7.59. The number of nitrogens with one attached hydrogen (secondary N) is 2. The number of rotatable bonds is 6. The van der Waals surface area contributed by atoms with Crippen molar-refractivity contribution in [3.63, 3.8) is 0 Å². The van der Waals surface area contributed by atoms with Crippen LogP contribution < -0.4 is 20.3 Å². The van der Waals surface area contributed by atoms with Crippen LogP contribution in [0.5, 0.6) is 17.4 Å². The molecule has 0 radical (unpaired) electrons. The number of aromatic nitrogens is 1. The van der Waals surface area contributed by atoms with Crippen LogP contribution in [-0.2, 0) is 17.6 Å². The van der Waals surface area contributed by atoms with Gasteiger partial charge in [0.05, 0.1) is 4.88 Å². The minimum atomic E-state index is -0.460. The number of nitrogens with zero attached hydrogens (tertiary/aromatic N) is 1. The Morgan fingerprint density at radius 1 is 1.03 bits per heavy atom. The quantitative estimate of drug-likeness (QED) is 0.610. The Morgan fingerprint density at radius 2 is 1.93 bits per heavy atom. The topological polar surface area (TPSA) is 89.6 Å². The van der Waals surface area contributed by atoms with Crippen LogP contribution in [0.4, 0.5) is 0 Å². The van der Waals surface area contributed by atoms with E-state index in [9.17, 15) is 9.59 Å². The highest BCUT2D eigenvalue weighted by molar-refractivity contribution is 7.14. The van der Waals surface area contributed by atoms with Gasteiger partial charge >= 0.3 is 0 Å². The number of hydrazine groups is 1. The molecule has 0 fully saturated rings. The molecule has 2 heterocycles. The maximum absolute atomic E-state index is 12.2. The predicted molar refractivity (Wildman–Crippen MR) is 108 cm³/mol. The fourth-order valence-electron chi connectivity index (χ4n) is 2.97. The molecular weight excluding hydrogens is 390 g/mol.